The maximum Gasteiger partial charge on any atom is 0.169 e. The number of ether oxygens (including phenoxy) is 3. The van der Waals surface area contributed by atoms with Crippen LogP contribution in [0.1, 0.15) is 0 Å². The smallest absolute Gasteiger partial charge is 0.169 e. The first-order chi connectivity index (χ1) is 9.13. The summed E-state index contributed by atoms with van der Waals surface area (Å²) in [6.07, 6.45) is 0. The number of halogens is 2. The molecule has 3 nitrogen and oxygen atoms in total. The van der Waals surface area contributed by atoms with Gasteiger partial charge in [-0.1, -0.05) is 31.9 Å². The average Bonchev–Trinajstić information content (AvgIpc) is 2.42. The summed E-state index contributed by atoms with van der Waals surface area (Å²) >= 11 is 6.79. The summed E-state index contributed by atoms with van der Waals surface area (Å²) < 4.78 is 18.3. The van der Waals surface area contributed by atoms with Gasteiger partial charge in [-0.2, -0.15) is 0 Å². The van der Waals surface area contributed by atoms with Gasteiger partial charge < -0.3 is 14.2 Å². The third-order valence-electron chi connectivity index (χ3n) is 2.47. The predicted molar refractivity (Wildman–Crippen MR) is 81.5 cm³/mol. The van der Waals surface area contributed by atoms with Crippen molar-refractivity contribution in [1.82, 2.24) is 0 Å². The average molecular weight is 388 g/mol. The van der Waals surface area contributed by atoms with E-state index in [9.17, 15) is 0 Å². The second-order valence-corrected chi connectivity index (χ2v) is 5.52. The molecule has 2 rings (SSSR count). The lowest BCUT2D eigenvalue weighted by Gasteiger charge is -2.13. The van der Waals surface area contributed by atoms with E-state index < -0.39 is 0 Å². The zero-order valence-electron chi connectivity index (χ0n) is 10.4. The van der Waals surface area contributed by atoms with E-state index in [4.69, 9.17) is 14.2 Å². The van der Waals surface area contributed by atoms with Crippen molar-refractivity contribution in [3.05, 3.63) is 45.3 Å². The summed E-state index contributed by atoms with van der Waals surface area (Å²) in [6.45, 7) is 0. The van der Waals surface area contributed by atoms with Crippen molar-refractivity contribution in [3.63, 3.8) is 0 Å². The number of rotatable bonds is 4. The molecular formula is C14H12Br2O3. The van der Waals surface area contributed by atoms with Crippen molar-refractivity contribution in [2.45, 2.75) is 0 Å². The van der Waals surface area contributed by atoms with Gasteiger partial charge in [0.25, 0.3) is 0 Å². The molecule has 0 saturated carbocycles. The van der Waals surface area contributed by atoms with Crippen LogP contribution in [-0.2, 0) is 0 Å². The first-order valence-electron chi connectivity index (χ1n) is 5.49. The summed E-state index contributed by atoms with van der Waals surface area (Å²) in [6, 6.07) is 11.2. The van der Waals surface area contributed by atoms with Crippen LogP contribution < -0.4 is 14.2 Å². The summed E-state index contributed by atoms with van der Waals surface area (Å²) in [7, 11) is 3.21. The van der Waals surface area contributed by atoms with Gasteiger partial charge in [-0.15, -0.1) is 0 Å². The van der Waals surface area contributed by atoms with Crippen molar-refractivity contribution >= 4 is 31.9 Å². The second-order valence-electron chi connectivity index (χ2n) is 3.69. The summed E-state index contributed by atoms with van der Waals surface area (Å²) in [5.41, 5.74) is 0. The molecule has 0 amide bonds. The maximum absolute atomic E-state index is 5.84. The van der Waals surface area contributed by atoms with E-state index in [1.165, 1.54) is 0 Å². The van der Waals surface area contributed by atoms with E-state index in [-0.39, 0.29) is 0 Å². The van der Waals surface area contributed by atoms with Gasteiger partial charge in [0.15, 0.2) is 23.0 Å². The molecule has 0 aliphatic rings. The van der Waals surface area contributed by atoms with Gasteiger partial charge in [0.1, 0.15) is 0 Å². The number of benzene rings is 2. The molecule has 0 bridgehead atoms. The highest BCUT2D eigenvalue weighted by Crippen LogP contribution is 2.38. The van der Waals surface area contributed by atoms with Crippen LogP contribution in [0.15, 0.2) is 45.3 Å². The van der Waals surface area contributed by atoms with Crippen molar-refractivity contribution in [1.29, 1.82) is 0 Å². The topological polar surface area (TPSA) is 27.7 Å². The Bertz CT molecular complexity index is 533. The molecule has 0 atom stereocenters. The Morgan fingerprint density at radius 2 is 1.11 bits per heavy atom. The fourth-order valence-electron chi connectivity index (χ4n) is 1.57. The highest BCUT2D eigenvalue weighted by Gasteiger charge is 2.10. The minimum atomic E-state index is 0.631. The van der Waals surface area contributed by atoms with Crippen molar-refractivity contribution in [2.24, 2.45) is 0 Å². The number of hydrogen-bond acceptors (Lipinski definition) is 3. The first-order valence-corrected chi connectivity index (χ1v) is 7.07. The molecule has 0 saturated heterocycles. The SMILES string of the molecule is COc1cc(Br)ccc1Oc1ccc(Br)cc1OC. The molecule has 0 aliphatic heterocycles. The van der Waals surface area contributed by atoms with Gasteiger partial charge >= 0.3 is 0 Å². The molecule has 0 fully saturated rings. The molecular weight excluding hydrogens is 376 g/mol. The second kappa shape index (κ2) is 6.30. The minimum absolute atomic E-state index is 0.631. The van der Waals surface area contributed by atoms with Crippen molar-refractivity contribution < 1.29 is 14.2 Å². The molecule has 0 heterocycles. The Morgan fingerprint density at radius 3 is 1.47 bits per heavy atom. The Labute approximate surface area is 128 Å². The van der Waals surface area contributed by atoms with E-state index in [0.717, 1.165) is 8.95 Å². The first kappa shape index (κ1) is 14.2. The molecule has 0 radical (unpaired) electrons. The molecule has 0 spiro atoms. The largest absolute Gasteiger partial charge is 0.493 e. The lowest BCUT2D eigenvalue weighted by atomic mass is 10.3. The summed E-state index contributed by atoms with van der Waals surface area (Å²) in [5.74, 6) is 2.57. The normalized spacial score (nSPS) is 10.1. The van der Waals surface area contributed by atoms with Crippen molar-refractivity contribution in [2.75, 3.05) is 14.2 Å². The molecule has 2 aromatic rings. The zero-order chi connectivity index (χ0) is 13.8. The third-order valence-corrected chi connectivity index (χ3v) is 3.46. The van der Waals surface area contributed by atoms with E-state index in [1.807, 2.05) is 36.4 Å². The predicted octanol–water partition coefficient (Wildman–Crippen LogP) is 5.02. The quantitative estimate of drug-likeness (QED) is 0.736. The van der Waals surface area contributed by atoms with E-state index >= 15 is 0 Å². The van der Waals surface area contributed by atoms with Crippen LogP contribution in [0.5, 0.6) is 23.0 Å². The maximum atomic E-state index is 5.84. The van der Waals surface area contributed by atoms with Gasteiger partial charge in [-0.25, -0.2) is 0 Å². The van der Waals surface area contributed by atoms with Crippen LogP contribution >= 0.6 is 31.9 Å². The van der Waals surface area contributed by atoms with Crippen LogP contribution in [-0.4, -0.2) is 14.2 Å². The van der Waals surface area contributed by atoms with Gasteiger partial charge in [0.05, 0.1) is 14.2 Å². The number of methoxy groups -OCH3 is 2. The monoisotopic (exact) mass is 386 g/mol. The molecule has 19 heavy (non-hydrogen) atoms. The lowest BCUT2D eigenvalue weighted by Crippen LogP contribution is -1.93. The molecule has 5 heteroatoms. The Kier molecular flexibility index (Phi) is 4.71. The highest BCUT2D eigenvalue weighted by atomic mass is 79.9. The summed E-state index contributed by atoms with van der Waals surface area (Å²) in [5, 5.41) is 0. The van der Waals surface area contributed by atoms with E-state index in [1.54, 1.807) is 14.2 Å². The van der Waals surface area contributed by atoms with Crippen LogP contribution in [0.3, 0.4) is 0 Å². The molecule has 0 aromatic heterocycles. The van der Waals surface area contributed by atoms with Crippen LogP contribution in [0.4, 0.5) is 0 Å². The van der Waals surface area contributed by atoms with Gasteiger partial charge in [-0.3, -0.25) is 0 Å². The molecule has 100 valence electrons. The Hall–Kier alpha value is -1.20. The molecule has 0 N–H and O–H groups in total. The standard InChI is InChI=1S/C14H12Br2O3/c1-17-13-7-9(15)3-5-11(13)19-12-6-4-10(16)8-14(12)18-2/h3-8H,1-2H3. The lowest BCUT2D eigenvalue weighted by molar-refractivity contribution is 0.356. The van der Waals surface area contributed by atoms with E-state index in [2.05, 4.69) is 31.9 Å². The number of hydrogen-bond donors (Lipinski definition) is 0. The molecule has 0 unspecified atom stereocenters. The van der Waals surface area contributed by atoms with Crippen LogP contribution in [0, 0.1) is 0 Å². The van der Waals surface area contributed by atoms with E-state index in [0.29, 0.717) is 23.0 Å². The van der Waals surface area contributed by atoms with Gasteiger partial charge in [0.2, 0.25) is 0 Å². The fraction of sp³-hybridized carbons (Fsp3) is 0.143. The summed E-state index contributed by atoms with van der Waals surface area (Å²) in [4.78, 5) is 0. The van der Waals surface area contributed by atoms with Crippen LogP contribution in [0.2, 0.25) is 0 Å². The van der Waals surface area contributed by atoms with Gasteiger partial charge in [-0.05, 0) is 36.4 Å². The Balaban J connectivity index is 2.36. The third kappa shape index (κ3) is 3.42. The minimum Gasteiger partial charge on any atom is -0.493 e. The van der Waals surface area contributed by atoms with Gasteiger partial charge in [0, 0.05) is 8.95 Å². The fourth-order valence-corrected chi connectivity index (χ4v) is 2.25. The van der Waals surface area contributed by atoms with Crippen LogP contribution in [0.25, 0.3) is 0 Å². The van der Waals surface area contributed by atoms with Crippen molar-refractivity contribution in [3.8, 4) is 23.0 Å². The highest BCUT2D eigenvalue weighted by molar-refractivity contribution is 9.10. The zero-order valence-corrected chi connectivity index (χ0v) is 13.6. The molecule has 2 aromatic carbocycles. The Morgan fingerprint density at radius 1 is 0.684 bits per heavy atom. The molecule has 0 aliphatic carbocycles.